The van der Waals surface area contributed by atoms with E-state index < -0.39 is 0 Å². The van der Waals surface area contributed by atoms with E-state index in [9.17, 15) is 0 Å². The fourth-order valence-electron chi connectivity index (χ4n) is 3.10. The molecule has 3 aromatic heterocycles. The fourth-order valence-corrected chi connectivity index (χ4v) is 3.10. The highest BCUT2D eigenvalue weighted by molar-refractivity contribution is 5.44. The standard InChI is InChI=1S/C17H23N7/c1-11-18-16-8-6-14(22-24(16)21-11)19-12-5-7-15-20-13(17(2,3)4)10-23(15)9-12/h6,8,10,12H,5,7,9H2,1-4H3,(H,19,22). The molecule has 1 atom stereocenters. The number of hydrogen-bond donors (Lipinski definition) is 1. The highest BCUT2D eigenvalue weighted by Gasteiger charge is 2.24. The van der Waals surface area contributed by atoms with Gasteiger partial charge in [-0.2, -0.15) is 0 Å². The molecule has 7 nitrogen and oxygen atoms in total. The first-order valence-corrected chi connectivity index (χ1v) is 8.42. The molecule has 4 rings (SSSR count). The van der Waals surface area contributed by atoms with E-state index in [1.54, 1.807) is 4.63 Å². The van der Waals surface area contributed by atoms with Gasteiger partial charge in [-0.15, -0.1) is 14.8 Å². The van der Waals surface area contributed by atoms with E-state index in [1.807, 2.05) is 19.1 Å². The minimum Gasteiger partial charge on any atom is -0.364 e. The molecule has 1 aliphatic heterocycles. The normalized spacial score (nSPS) is 17.9. The fraction of sp³-hybridized carbons (Fsp3) is 0.529. The zero-order chi connectivity index (χ0) is 16.9. The van der Waals surface area contributed by atoms with Crippen molar-refractivity contribution in [3.05, 3.63) is 35.7 Å². The lowest BCUT2D eigenvalue weighted by atomic mass is 9.93. The first-order chi connectivity index (χ1) is 11.4. The third-order valence-electron chi connectivity index (χ3n) is 4.43. The van der Waals surface area contributed by atoms with Gasteiger partial charge in [-0.25, -0.2) is 9.97 Å². The van der Waals surface area contributed by atoms with E-state index in [4.69, 9.17) is 4.98 Å². The number of rotatable bonds is 2. The van der Waals surface area contributed by atoms with Gasteiger partial charge in [-0.3, -0.25) is 0 Å². The molecule has 1 aliphatic rings. The number of aryl methyl sites for hydroxylation is 2. The minimum absolute atomic E-state index is 0.0881. The zero-order valence-electron chi connectivity index (χ0n) is 14.6. The van der Waals surface area contributed by atoms with Gasteiger partial charge in [0.1, 0.15) is 17.5 Å². The van der Waals surface area contributed by atoms with Crippen LogP contribution >= 0.6 is 0 Å². The number of hydrogen-bond acceptors (Lipinski definition) is 5. The molecule has 0 fully saturated rings. The second kappa shape index (κ2) is 5.29. The van der Waals surface area contributed by atoms with Gasteiger partial charge in [-0.05, 0) is 25.5 Å². The number of nitrogens with one attached hydrogen (secondary N) is 1. The third-order valence-corrected chi connectivity index (χ3v) is 4.43. The molecular formula is C17H23N7. The summed E-state index contributed by atoms with van der Waals surface area (Å²) in [5.74, 6) is 2.75. The van der Waals surface area contributed by atoms with Crippen LogP contribution in [-0.2, 0) is 18.4 Å². The predicted octanol–water partition coefficient (Wildman–Crippen LogP) is 2.35. The van der Waals surface area contributed by atoms with E-state index >= 15 is 0 Å². The molecule has 0 aliphatic carbocycles. The van der Waals surface area contributed by atoms with E-state index in [2.05, 4.69) is 52.0 Å². The van der Waals surface area contributed by atoms with Gasteiger partial charge in [0.15, 0.2) is 5.65 Å². The van der Waals surface area contributed by atoms with Crippen LogP contribution in [0.2, 0.25) is 0 Å². The van der Waals surface area contributed by atoms with Crippen LogP contribution in [-0.4, -0.2) is 35.4 Å². The molecule has 0 bridgehead atoms. The smallest absolute Gasteiger partial charge is 0.176 e. The third kappa shape index (κ3) is 2.74. The van der Waals surface area contributed by atoms with Crippen molar-refractivity contribution < 1.29 is 0 Å². The SMILES string of the molecule is Cc1nc2ccc(NC3CCc4nc(C(C)(C)C)cn4C3)nn2n1. The maximum atomic E-state index is 4.80. The molecule has 1 unspecified atom stereocenters. The summed E-state index contributed by atoms with van der Waals surface area (Å²) in [6.07, 6.45) is 4.23. The summed E-state index contributed by atoms with van der Waals surface area (Å²) in [5, 5.41) is 12.3. The van der Waals surface area contributed by atoms with E-state index in [-0.39, 0.29) is 5.41 Å². The Labute approximate surface area is 141 Å². The molecule has 24 heavy (non-hydrogen) atoms. The average Bonchev–Trinajstić information content (AvgIpc) is 3.08. The van der Waals surface area contributed by atoms with Gasteiger partial charge in [0.25, 0.3) is 0 Å². The number of aromatic nitrogens is 6. The summed E-state index contributed by atoms with van der Waals surface area (Å²) in [5.41, 5.74) is 2.02. The van der Waals surface area contributed by atoms with Crippen molar-refractivity contribution >= 4 is 11.5 Å². The Balaban J connectivity index is 1.52. The largest absolute Gasteiger partial charge is 0.364 e. The highest BCUT2D eigenvalue weighted by atomic mass is 15.5. The first-order valence-electron chi connectivity index (χ1n) is 8.42. The average molecular weight is 325 g/mol. The number of imidazole rings is 1. The molecule has 0 radical (unpaired) electrons. The molecule has 7 heteroatoms. The Hall–Kier alpha value is -2.44. The maximum absolute atomic E-state index is 4.80. The van der Waals surface area contributed by atoms with Crippen molar-refractivity contribution in [2.45, 2.75) is 58.5 Å². The molecule has 4 heterocycles. The van der Waals surface area contributed by atoms with Crippen molar-refractivity contribution in [2.75, 3.05) is 5.32 Å². The van der Waals surface area contributed by atoms with Gasteiger partial charge >= 0.3 is 0 Å². The summed E-state index contributed by atoms with van der Waals surface area (Å²) < 4.78 is 3.86. The number of fused-ring (bicyclic) bond motifs is 2. The second-order valence-corrected chi connectivity index (χ2v) is 7.55. The van der Waals surface area contributed by atoms with Gasteiger partial charge in [0.05, 0.1) is 5.69 Å². The molecular weight excluding hydrogens is 302 g/mol. The highest BCUT2D eigenvalue weighted by Crippen LogP contribution is 2.25. The van der Waals surface area contributed by atoms with Crippen LogP contribution in [0.25, 0.3) is 5.65 Å². The minimum atomic E-state index is 0.0881. The topological polar surface area (TPSA) is 72.9 Å². The molecule has 0 spiro atoms. The predicted molar refractivity (Wildman–Crippen MR) is 92.2 cm³/mol. The van der Waals surface area contributed by atoms with Gasteiger partial charge in [0.2, 0.25) is 0 Å². The van der Waals surface area contributed by atoms with Gasteiger partial charge in [-0.1, -0.05) is 20.8 Å². The van der Waals surface area contributed by atoms with Crippen molar-refractivity contribution in [2.24, 2.45) is 0 Å². The summed E-state index contributed by atoms with van der Waals surface area (Å²) in [6.45, 7) is 9.40. The Bertz CT molecular complexity index is 884. The van der Waals surface area contributed by atoms with Gasteiger partial charge in [0, 0.05) is 30.6 Å². The Morgan fingerprint density at radius 2 is 2.00 bits per heavy atom. The Morgan fingerprint density at radius 1 is 1.17 bits per heavy atom. The lowest BCUT2D eigenvalue weighted by Gasteiger charge is -2.24. The Morgan fingerprint density at radius 3 is 2.79 bits per heavy atom. The molecule has 0 aromatic carbocycles. The number of nitrogens with zero attached hydrogens (tertiary/aromatic N) is 6. The van der Waals surface area contributed by atoms with Gasteiger partial charge < -0.3 is 9.88 Å². The van der Waals surface area contributed by atoms with Crippen LogP contribution in [0.5, 0.6) is 0 Å². The van der Waals surface area contributed by atoms with E-state index in [0.29, 0.717) is 6.04 Å². The van der Waals surface area contributed by atoms with Crippen molar-refractivity contribution in [1.29, 1.82) is 0 Å². The lowest BCUT2D eigenvalue weighted by molar-refractivity contribution is 0.474. The molecule has 1 N–H and O–H groups in total. The molecule has 3 aromatic rings. The second-order valence-electron chi connectivity index (χ2n) is 7.55. The van der Waals surface area contributed by atoms with Crippen molar-refractivity contribution in [3.63, 3.8) is 0 Å². The van der Waals surface area contributed by atoms with E-state index in [1.165, 1.54) is 5.82 Å². The van der Waals surface area contributed by atoms with Crippen LogP contribution in [0.3, 0.4) is 0 Å². The summed E-state index contributed by atoms with van der Waals surface area (Å²) in [4.78, 5) is 9.11. The lowest BCUT2D eigenvalue weighted by Crippen LogP contribution is -2.31. The van der Waals surface area contributed by atoms with Crippen molar-refractivity contribution in [1.82, 2.24) is 29.4 Å². The van der Waals surface area contributed by atoms with Crippen molar-refractivity contribution in [3.8, 4) is 0 Å². The summed E-state index contributed by atoms with van der Waals surface area (Å²) >= 11 is 0. The van der Waals surface area contributed by atoms with Crippen LogP contribution in [0.4, 0.5) is 5.82 Å². The first kappa shape index (κ1) is 15.1. The maximum Gasteiger partial charge on any atom is 0.176 e. The van der Waals surface area contributed by atoms with Crippen LogP contribution < -0.4 is 5.32 Å². The quantitative estimate of drug-likeness (QED) is 0.783. The summed E-state index contributed by atoms with van der Waals surface area (Å²) in [7, 11) is 0. The molecule has 0 saturated carbocycles. The molecule has 126 valence electrons. The van der Waals surface area contributed by atoms with Crippen LogP contribution in [0.1, 0.15) is 44.5 Å². The monoisotopic (exact) mass is 325 g/mol. The zero-order valence-corrected chi connectivity index (χ0v) is 14.6. The van der Waals surface area contributed by atoms with Crippen LogP contribution in [0.15, 0.2) is 18.3 Å². The number of anilines is 1. The van der Waals surface area contributed by atoms with Crippen LogP contribution in [0, 0.1) is 6.92 Å². The molecule has 0 saturated heterocycles. The molecule has 0 amide bonds. The Kier molecular flexibility index (Phi) is 3.33. The summed E-state index contributed by atoms with van der Waals surface area (Å²) in [6, 6.07) is 4.25. The van der Waals surface area contributed by atoms with E-state index in [0.717, 1.165) is 42.4 Å².